The Balaban J connectivity index is 1.94. The van der Waals surface area contributed by atoms with E-state index in [1.807, 2.05) is 43.5 Å². The van der Waals surface area contributed by atoms with E-state index in [0.29, 0.717) is 23.6 Å². The number of methoxy groups -OCH3 is 2. The van der Waals surface area contributed by atoms with E-state index in [0.717, 1.165) is 29.1 Å². The molecule has 0 fully saturated rings. The van der Waals surface area contributed by atoms with Gasteiger partial charge in [0.2, 0.25) is 0 Å². The van der Waals surface area contributed by atoms with Gasteiger partial charge in [-0.05, 0) is 30.7 Å². The van der Waals surface area contributed by atoms with Crippen LogP contribution in [-0.2, 0) is 17.9 Å². The SMILES string of the molecule is CCn1ccc(-c2cc(=O)n3[nH]c(COC)c(-c4ccc(OC)cc4)c3n2)n1. The molecule has 4 rings (SSSR count). The summed E-state index contributed by atoms with van der Waals surface area (Å²) in [6.07, 6.45) is 1.87. The highest BCUT2D eigenvalue weighted by atomic mass is 16.5. The molecule has 0 saturated carbocycles. The van der Waals surface area contributed by atoms with Crippen LogP contribution < -0.4 is 10.3 Å². The third kappa shape index (κ3) is 3.07. The Kier molecular flexibility index (Phi) is 4.70. The Hall–Kier alpha value is -3.39. The molecule has 0 aliphatic heterocycles. The van der Waals surface area contributed by atoms with Gasteiger partial charge in [0.05, 0.1) is 25.1 Å². The number of nitrogens with zero attached hydrogens (tertiary/aromatic N) is 4. The van der Waals surface area contributed by atoms with Crippen molar-refractivity contribution in [3.63, 3.8) is 0 Å². The van der Waals surface area contributed by atoms with Crippen LogP contribution in [0.15, 0.2) is 47.4 Å². The lowest BCUT2D eigenvalue weighted by Gasteiger charge is -2.05. The van der Waals surface area contributed by atoms with Gasteiger partial charge in [-0.15, -0.1) is 0 Å². The summed E-state index contributed by atoms with van der Waals surface area (Å²) in [5.74, 6) is 0.757. The normalized spacial score (nSPS) is 11.2. The van der Waals surface area contributed by atoms with Crippen molar-refractivity contribution in [2.45, 2.75) is 20.1 Å². The van der Waals surface area contributed by atoms with E-state index in [1.165, 1.54) is 10.6 Å². The first kappa shape index (κ1) is 18.0. The van der Waals surface area contributed by atoms with Gasteiger partial charge >= 0.3 is 0 Å². The van der Waals surface area contributed by atoms with Gasteiger partial charge < -0.3 is 9.47 Å². The number of fused-ring (bicyclic) bond motifs is 1. The largest absolute Gasteiger partial charge is 0.497 e. The number of nitrogens with one attached hydrogen (secondary N) is 1. The number of hydrogen-bond donors (Lipinski definition) is 1. The maximum absolute atomic E-state index is 12.7. The second-order valence-electron chi connectivity index (χ2n) is 6.32. The molecule has 0 atom stereocenters. The molecule has 0 unspecified atom stereocenters. The van der Waals surface area contributed by atoms with Crippen LogP contribution in [0.25, 0.3) is 28.2 Å². The quantitative estimate of drug-likeness (QED) is 0.557. The van der Waals surface area contributed by atoms with Crippen LogP contribution in [0.4, 0.5) is 0 Å². The lowest BCUT2D eigenvalue weighted by atomic mass is 10.1. The molecule has 1 aromatic carbocycles. The predicted molar refractivity (Wildman–Crippen MR) is 105 cm³/mol. The molecule has 0 aliphatic carbocycles. The predicted octanol–water partition coefficient (Wildman–Crippen LogP) is 2.73. The Bertz CT molecular complexity index is 1170. The van der Waals surface area contributed by atoms with Crippen molar-refractivity contribution >= 4 is 5.65 Å². The van der Waals surface area contributed by atoms with Gasteiger partial charge in [-0.25, -0.2) is 9.50 Å². The lowest BCUT2D eigenvalue weighted by molar-refractivity contribution is 0.181. The van der Waals surface area contributed by atoms with Crippen LogP contribution in [0.5, 0.6) is 5.75 Å². The monoisotopic (exact) mass is 379 g/mol. The highest BCUT2D eigenvalue weighted by Gasteiger charge is 2.18. The highest BCUT2D eigenvalue weighted by molar-refractivity contribution is 5.81. The number of ether oxygens (including phenoxy) is 2. The Labute approximate surface area is 161 Å². The van der Waals surface area contributed by atoms with Crippen molar-refractivity contribution in [3.05, 3.63) is 58.6 Å². The standard InChI is InChI=1S/C20H21N5O3/c1-4-24-10-9-15(22-24)16-11-18(26)25-20(21-16)19(17(23-25)12-27-2)13-5-7-14(28-3)8-6-13/h5-11,23H,4,12H2,1-3H3. The molecule has 0 saturated heterocycles. The molecular formula is C20H21N5O3. The van der Waals surface area contributed by atoms with Crippen molar-refractivity contribution in [3.8, 4) is 28.3 Å². The van der Waals surface area contributed by atoms with Gasteiger partial charge in [0.1, 0.15) is 11.4 Å². The van der Waals surface area contributed by atoms with E-state index < -0.39 is 0 Å². The van der Waals surface area contributed by atoms with Crippen LogP contribution >= 0.6 is 0 Å². The summed E-state index contributed by atoms with van der Waals surface area (Å²) in [5.41, 5.74) is 4.03. The number of aromatic amines is 1. The van der Waals surface area contributed by atoms with Crippen molar-refractivity contribution in [2.75, 3.05) is 14.2 Å². The van der Waals surface area contributed by atoms with Crippen LogP contribution in [0.3, 0.4) is 0 Å². The molecule has 8 heteroatoms. The molecular weight excluding hydrogens is 358 g/mol. The summed E-state index contributed by atoms with van der Waals surface area (Å²) in [6.45, 7) is 3.08. The van der Waals surface area contributed by atoms with E-state index in [4.69, 9.17) is 14.5 Å². The van der Waals surface area contributed by atoms with E-state index >= 15 is 0 Å². The van der Waals surface area contributed by atoms with Crippen molar-refractivity contribution in [1.82, 2.24) is 24.4 Å². The molecule has 0 aliphatic rings. The minimum atomic E-state index is -0.205. The van der Waals surface area contributed by atoms with Crippen LogP contribution in [-0.4, -0.2) is 38.6 Å². The van der Waals surface area contributed by atoms with Crippen molar-refractivity contribution in [1.29, 1.82) is 0 Å². The number of rotatable bonds is 6. The minimum absolute atomic E-state index is 0.205. The van der Waals surface area contributed by atoms with Gasteiger partial charge in [0, 0.05) is 31.5 Å². The second-order valence-corrected chi connectivity index (χ2v) is 6.32. The number of aryl methyl sites for hydroxylation is 1. The van der Waals surface area contributed by atoms with E-state index in [9.17, 15) is 4.79 Å². The molecule has 0 radical (unpaired) electrons. The molecule has 0 bridgehead atoms. The smallest absolute Gasteiger partial charge is 0.273 e. The van der Waals surface area contributed by atoms with E-state index in [1.54, 1.807) is 18.9 Å². The zero-order valence-corrected chi connectivity index (χ0v) is 16.0. The Morgan fingerprint density at radius 3 is 2.54 bits per heavy atom. The van der Waals surface area contributed by atoms with Gasteiger partial charge in [-0.2, -0.15) is 5.10 Å². The van der Waals surface area contributed by atoms with Crippen molar-refractivity contribution in [2.24, 2.45) is 0 Å². The molecule has 0 spiro atoms. The maximum atomic E-state index is 12.7. The van der Waals surface area contributed by atoms with Gasteiger partial charge in [-0.1, -0.05) is 12.1 Å². The molecule has 1 N–H and O–H groups in total. The third-order valence-corrected chi connectivity index (χ3v) is 4.59. The number of H-pyrrole nitrogens is 1. The van der Waals surface area contributed by atoms with E-state index in [2.05, 4.69) is 10.2 Å². The molecule has 0 amide bonds. The zero-order chi connectivity index (χ0) is 19.7. The minimum Gasteiger partial charge on any atom is -0.497 e. The molecule has 144 valence electrons. The maximum Gasteiger partial charge on any atom is 0.273 e. The highest BCUT2D eigenvalue weighted by Crippen LogP contribution is 2.30. The molecule has 8 nitrogen and oxygen atoms in total. The summed E-state index contributed by atoms with van der Waals surface area (Å²) in [7, 11) is 3.24. The van der Waals surface area contributed by atoms with E-state index in [-0.39, 0.29) is 5.56 Å². The molecule has 4 aromatic rings. The number of hydrogen-bond acceptors (Lipinski definition) is 5. The summed E-state index contributed by atoms with van der Waals surface area (Å²) in [5, 5.41) is 7.59. The van der Waals surface area contributed by atoms with Crippen molar-refractivity contribution < 1.29 is 9.47 Å². The summed E-state index contributed by atoms with van der Waals surface area (Å²) < 4.78 is 13.8. The zero-order valence-electron chi connectivity index (χ0n) is 16.0. The van der Waals surface area contributed by atoms with Gasteiger partial charge in [0.15, 0.2) is 5.65 Å². The third-order valence-electron chi connectivity index (χ3n) is 4.59. The van der Waals surface area contributed by atoms with Crippen LogP contribution in [0.1, 0.15) is 12.6 Å². The first-order valence-electron chi connectivity index (χ1n) is 8.96. The van der Waals surface area contributed by atoms with Gasteiger partial charge in [-0.3, -0.25) is 14.6 Å². The molecule has 3 aromatic heterocycles. The molecule has 28 heavy (non-hydrogen) atoms. The Morgan fingerprint density at radius 2 is 1.89 bits per heavy atom. The lowest BCUT2D eigenvalue weighted by Crippen LogP contribution is -2.14. The first-order chi connectivity index (χ1) is 13.6. The number of aromatic nitrogens is 5. The Morgan fingerprint density at radius 1 is 1.11 bits per heavy atom. The fourth-order valence-corrected chi connectivity index (χ4v) is 3.20. The van der Waals surface area contributed by atoms with Gasteiger partial charge in [0.25, 0.3) is 5.56 Å². The van der Waals surface area contributed by atoms with Crippen LogP contribution in [0.2, 0.25) is 0 Å². The average molecular weight is 379 g/mol. The summed E-state index contributed by atoms with van der Waals surface area (Å²) >= 11 is 0. The summed E-state index contributed by atoms with van der Waals surface area (Å²) in [4.78, 5) is 17.5. The fourth-order valence-electron chi connectivity index (χ4n) is 3.20. The summed E-state index contributed by atoms with van der Waals surface area (Å²) in [6, 6.07) is 11.0. The van der Waals surface area contributed by atoms with Crippen LogP contribution in [0, 0.1) is 0 Å². The fraction of sp³-hybridized carbons (Fsp3) is 0.250. The average Bonchev–Trinajstić information content (AvgIpc) is 3.33. The topological polar surface area (TPSA) is 86.4 Å². The first-order valence-corrected chi connectivity index (χ1v) is 8.96. The molecule has 3 heterocycles. The second kappa shape index (κ2) is 7.32. The number of benzene rings is 1.